The summed E-state index contributed by atoms with van der Waals surface area (Å²) in [4.78, 5) is 7.94. The Labute approximate surface area is 110 Å². The normalized spacial score (nSPS) is 11.2. The average molecular weight is 243 g/mol. The first-order valence-corrected chi connectivity index (χ1v) is 6.26. The first-order valence-electron chi connectivity index (χ1n) is 6.26. The zero-order valence-corrected chi connectivity index (χ0v) is 10.2. The Morgan fingerprint density at radius 3 is 2.63 bits per heavy atom. The van der Waals surface area contributed by atoms with E-state index in [1.807, 2.05) is 36.4 Å². The third-order valence-corrected chi connectivity index (χ3v) is 3.30. The Balaban J connectivity index is 1.93. The number of aromatic nitrogens is 2. The van der Waals surface area contributed by atoms with E-state index in [0.29, 0.717) is 0 Å². The van der Waals surface area contributed by atoms with Gasteiger partial charge in [-0.25, -0.2) is 4.98 Å². The minimum absolute atomic E-state index is 0.868. The molecule has 4 aromatic rings. The molecule has 3 aromatic carbocycles. The van der Waals surface area contributed by atoms with Gasteiger partial charge in [-0.3, -0.25) is 0 Å². The number of imidazole rings is 1. The number of nitrogens with zero attached hydrogens (tertiary/aromatic N) is 1. The summed E-state index contributed by atoms with van der Waals surface area (Å²) in [5, 5.41) is 2.31. The topological polar surface area (TPSA) is 28.7 Å². The highest BCUT2D eigenvalue weighted by Gasteiger charge is 2.05. The molecular weight excluding hydrogens is 232 g/mol. The highest BCUT2D eigenvalue weighted by atomic mass is 14.9. The van der Waals surface area contributed by atoms with E-state index in [9.17, 15) is 0 Å². The van der Waals surface area contributed by atoms with Crippen molar-refractivity contribution in [3.8, 4) is 11.4 Å². The monoisotopic (exact) mass is 243 g/mol. The number of aromatic amines is 1. The average Bonchev–Trinajstić information content (AvgIpc) is 2.90. The van der Waals surface area contributed by atoms with Crippen molar-refractivity contribution < 1.29 is 0 Å². The number of H-pyrrole nitrogens is 1. The Hall–Kier alpha value is -2.61. The molecule has 0 saturated carbocycles. The lowest BCUT2D eigenvalue weighted by Gasteiger charge is -1.99. The van der Waals surface area contributed by atoms with E-state index in [0.717, 1.165) is 27.8 Å². The number of nitrogens with one attached hydrogen (secondary N) is 1. The second kappa shape index (κ2) is 3.95. The lowest BCUT2D eigenvalue weighted by molar-refractivity contribution is 1.34. The molecule has 0 atom stereocenters. The smallest absolute Gasteiger partial charge is 0.139 e. The van der Waals surface area contributed by atoms with Crippen LogP contribution in [0.5, 0.6) is 0 Å². The van der Waals surface area contributed by atoms with Gasteiger partial charge in [-0.2, -0.15) is 0 Å². The predicted octanol–water partition coefficient (Wildman–Crippen LogP) is 4.18. The van der Waals surface area contributed by atoms with Gasteiger partial charge in [-0.1, -0.05) is 42.5 Å². The minimum atomic E-state index is 0.868. The van der Waals surface area contributed by atoms with Gasteiger partial charge in [0, 0.05) is 11.6 Å². The molecule has 0 saturated heterocycles. The van der Waals surface area contributed by atoms with E-state index >= 15 is 0 Å². The van der Waals surface area contributed by atoms with Crippen molar-refractivity contribution in [3.63, 3.8) is 0 Å². The van der Waals surface area contributed by atoms with E-state index in [-0.39, 0.29) is 0 Å². The zero-order valence-electron chi connectivity index (χ0n) is 10.2. The summed E-state index contributed by atoms with van der Waals surface area (Å²) in [5.74, 6) is 0.868. The van der Waals surface area contributed by atoms with Gasteiger partial charge in [0.25, 0.3) is 0 Å². The maximum absolute atomic E-state index is 4.60. The van der Waals surface area contributed by atoms with Crippen LogP contribution >= 0.6 is 0 Å². The van der Waals surface area contributed by atoms with Gasteiger partial charge < -0.3 is 4.98 Å². The van der Waals surface area contributed by atoms with E-state index in [1.165, 1.54) is 5.39 Å². The van der Waals surface area contributed by atoms with Gasteiger partial charge in [-0.05, 0) is 29.0 Å². The Morgan fingerprint density at radius 1 is 0.842 bits per heavy atom. The molecule has 0 unspecified atom stereocenters. The molecule has 1 aromatic heterocycles. The van der Waals surface area contributed by atoms with E-state index in [4.69, 9.17) is 0 Å². The van der Waals surface area contributed by atoms with Crippen LogP contribution in [0.2, 0.25) is 0 Å². The molecule has 89 valence electrons. The van der Waals surface area contributed by atoms with Gasteiger partial charge in [0.1, 0.15) is 5.82 Å². The van der Waals surface area contributed by atoms with Crippen LogP contribution in [0.1, 0.15) is 0 Å². The molecule has 4 rings (SSSR count). The number of hydrogen-bond acceptors (Lipinski definition) is 1. The van der Waals surface area contributed by atoms with Crippen molar-refractivity contribution in [2.75, 3.05) is 0 Å². The molecule has 0 aliphatic heterocycles. The predicted molar refractivity (Wildman–Crippen MR) is 77.9 cm³/mol. The third-order valence-electron chi connectivity index (χ3n) is 3.30. The van der Waals surface area contributed by atoms with Gasteiger partial charge in [0.2, 0.25) is 0 Å². The molecule has 2 nitrogen and oxygen atoms in total. The molecule has 1 heterocycles. The molecule has 0 aliphatic carbocycles. The fraction of sp³-hybridized carbons (Fsp3) is 0. The van der Waals surface area contributed by atoms with Gasteiger partial charge >= 0.3 is 0 Å². The summed E-state index contributed by atoms with van der Waals surface area (Å²) in [6, 6.07) is 23.9. The standard InChI is InChI=1S/C17H11N2/c1-2-6-13-11-14(10-9-12(13)5-1)17-18-15-7-3-4-8-16(15)19-17/h1-10H,(H,18,19). The van der Waals surface area contributed by atoms with Crippen LogP contribution < -0.4 is 0 Å². The molecule has 0 amide bonds. The van der Waals surface area contributed by atoms with Crippen LogP contribution in [-0.4, -0.2) is 9.97 Å². The van der Waals surface area contributed by atoms with Crippen molar-refractivity contribution in [1.29, 1.82) is 0 Å². The lowest BCUT2D eigenvalue weighted by atomic mass is 10.1. The summed E-state index contributed by atoms with van der Waals surface area (Å²) < 4.78 is 0. The fourth-order valence-corrected chi connectivity index (χ4v) is 2.33. The molecule has 0 aliphatic rings. The van der Waals surface area contributed by atoms with Crippen LogP contribution in [0.25, 0.3) is 33.2 Å². The maximum Gasteiger partial charge on any atom is 0.139 e. The summed E-state index contributed by atoms with van der Waals surface area (Å²) in [7, 11) is 0. The second-order valence-electron chi connectivity index (χ2n) is 4.56. The van der Waals surface area contributed by atoms with Crippen LogP contribution in [0.15, 0.2) is 60.7 Å². The van der Waals surface area contributed by atoms with E-state index in [1.54, 1.807) is 0 Å². The number of rotatable bonds is 1. The molecule has 0 fully saturated rings. The van der Waals surface area contributed by atoms with Crippen LogP contribution in [0, 0.1) is 6.07 Å². The summed E-state index contributed by atoms with van der Waals surface area (Å²) >= 11 is 0. The highest BCUT2D eigenvalue weighted by Crippen LogP contribution is 2.23. The second-order valence-corrected chi connectivity index (χ2v) is 4.56. The summed E-state index contributed by atoms with van der Waals surface area (Å²) in [6.45, 7) is 0. The zero-order chi connectivity index (χ0) is 12.7. The van der Waals surface area contributed by atoms with Gasteiger partial charge in [0.05, 0.1) is 11.0 Å². The quantitative estimate of drug-likeness (QED) is 0.533. The highest BCUT2D eigenvalue weighted by molar-refractivity contribution is 5.87. The third kappa shape index (κ3) is 1.69. The van der Waals surface area contributed by atoms with Crippen molar-refractivity contribution in [1.82, 2.24) is 9.97 Å². The molecule has 1 N–H and O–H groups in total. The lowest BCUT2D eigenvalue weighted by Crippen LogP contribution is -1.81. The van der Waals surface area contributed by atoms with Crippen molar-refractivity contribution >= 4 is 21.8 Å². The summed E-state index contributed by atoms with van der Waals surface area (Å²) in [6.07, 6.45) is 0. The fourth-order valence-electron chi connectivity index (χ4n) is 2.33. The number of hydrogen-bond donors (Lipinski definition) is 1. The van der Waals surface area contributed by atoms with E-state index < -0.39 is 0 Å². The van der Waals surface area contributed by atoms with Gasteiger partial charge in [-0.15, -0.1) is 0 Å². The summed E-state index contributed by atoms with van der Waals surface area (Å²) in [5.41, 5.74) is 3.04. The molecular formula is C17H11N2. The largest absolute Gasteiger partial charge is 0.338 e. The van der Waals surface area contributed by atoms with Gasteiger partial charge in [0.15, 0.2) is 0 Å². The van der Waals surface area contributed by atoms with Crippen LogP contribution in [-0.2, 0) is 0 Å². The van der Waals surface area contributed by atoms with Crippen LogP contribution in [0.4, 0.5) is 0 Å². The number of benzene rings is 3. The molecule has 0 spiro atoms. The number of fused-ring (bicyclic) bond motifs is 2. The first-order chi connectivity index (χ1) is 9.40. The van der Waals surface area contributed by atoms with Crippen molar-refractivity contribution in [2.24, 2.45) is 0 Å². The maximum atomic E-state index is 4.60. The molecule has 2 heteroatoms. The first kappa shape index (κ1) is 10.3. The SMILES string of the molecule is [c]1c(-c2nc3ccccc3[nH]2)ccc2ccccc12. The van der Waals surface area contributed by atoms with E-state index in [2.05, 4.69) is 40.3 Å². The molecule has 19 heavy (non-hydrogen) atoms. The van der Waals surface area contributed by atoms with Crippen molar-refractivity contribution in [2.45, 2.75) is 0 Å². The Morgan fingerprint density at radius 2 is 1.68 bits per heavy atom. The Bertz CT molecular complexity index is 841. The Kier molecular flexibility index (Phi) is 2.15. The van der Waals surface area contributed by atoms with Crippen LogP contribution in [0.3, 0.4) is 0 Å². The molecule has 0 bridgehead atoms. The molecule has 1 radical (unpaired) electrons. The minimum Gasteiger partial charge on any atom is -0.338 e. The number of para-hydroxylation sites is 2. The van der Waals surface area contributed by atoms with Crippen molar-refractivity contribution in [3.05, 3.63) is 66.7 Å².